The summed E-state index contributed by atoms with van der Waals surface area (Å²) in [5.74, 6) is 1.04. The van der Waals surface area contributed by atoms with Gasteiger partial charge in [-0.15, -0.1) is 0 Å². The normalized spacial score (nSPS) is 18.5. The quantitative estimate of drug-likeness (QED) is 0.667. The Bertz CT molecular complexity index is 178. The molecule has 1 saturated carbocycles. The van der Waals surface area contributed by atoms with Gasteiger partial charge in [-0.2, -0.15) is 0 Å². The standard InChI is InChI=1S/C15H32N2/c1-15(2,3)17-13-12-16-11-7-10-14-8-5-4-6-9-14/h14,16-17H,4-13H2,1-3H3. The van der Waals surface area contributed by atoms with Gasteiger partial charge in [0.2, 0.25) is 0 Å². The third-order valence-electron chi connectivity index (χ3n) is 3.65. The fourth-order valence-corrected chi connectivity index (χ4v) is 2.64. The lowest BCUT2D eigenvalue weighted by Crippen LogP contribution is -2.40. The first kappa shape index (κ1) is 15.0. The van der Waals surface area contributed by atoms with E-state index in [0.29, 0.717) is 0 Å². The van der Waals surface area contributed by atoms with E-state index < -0.39 is 0 Å². The Morgan fingerprint density at radius 2 is 1.65 bits per heavy atom. The molecule has 1 rings (SSSR count). The molecule has 2 heteroatoms. The molecule has 0 spiro atoms. The molecule has 1 fully saturated rings. The molecule has 0 heterocycles. The average Bonchev–Trinajstić information content (AvgIpc) is 2.28. The number of nitrogens with one attached hydrogen (secondary N) is 2. The molecule has 1 aliphatic rings. The van der Waals surface area contributed by atoms with Crippen molar-refractivity contribution in [3.05, 3.63) is 0 Å². The molecule has 0 atom stereocenters. The van der Waals surface area contributed by atoms with Crippen LogP contribution in [-0.2, 0) is 0 Å². The van der Waals surface area contributed by atoms with Gasteiger partial charge in [0.15, 0.2) is 0 Å². The maximum Gasteiger partial charge on any atom is 0.00970 e. The third kappa shape index (κ3) is 8.62. The lowest BCUT2D eigenvalue weighted by molar-refractivity contribution is 0.330. The van der Waals surface area contributed by atoms with Gasteiger partial charge in [0.25, 0.3) is 0 Å². The van der Waals surface area contributed by atoms with Crippen molar-refractivity contribution in [2.75, 3.05) is 19.6 Å². The van der Waals surface area contributed by atoms with Crippen LogP contribution in [0.15, 0.2) is 0 Å². The number of rotatable bonds is 7. The van der Waals surface area contributed by atoms with Crippen molar-refractivity contribution in [1.82, 2.24) is 10.6 Å². The topological polar surface area (TPSA) is 24.1 Å². The first-order valence-electron chi connectivity index (χ1n) is 7.54. The minimum Gasteiger partial charge on any atom is -0.315 e. The zero-order valence-electron chi connectivity index (χ0n) is 12.1. The second kappa shape index (κ2) is 8.10. The summed E-state index contributed by atoms with van der Waals surface area (Å²) in [6.07, 6.45) is 10.2. The molecular weight excluding hydrogens is 208 g/mol. The van der Waals surface area contributed by atoms with Crippen LogP contribution >= 0.6 is 0 Å². The van der Waals surface area contributed by atoms with E-state index in [1.165, 1.54) is 51.5 Å². The highest BCUT2D eigenvalue weighted by Crippen LogP contribution is 2.26. The van der Waals surface area contributed by atoms with Crippen molar-refractivity contribution in [1.29, 1.82) is 0 Å². The molecular formula is C15H32N2. The highest BCUT2D eigenvalue weighted by atomic mass is 15.0. The Hall–Kier alpha value is -0.0800. The van der Waals surface area contributed by atoms with Gasteiger partial charge >= 0.3 is 0 Å². The average molecular weight is 240 g/mol. The van der Waals surface area contributed by atoms with E-state index in [1.54, 1.807) is 0 Å². The monoisotopic (exact) mass is 240 g/mol. The van der Waals surface area contributed by atoms with Crippen molar-refractivity contribution < 1.29 is 0 Å². The first-order chi connectivity index (χ1) is 8.08. The maximum absolute atomic E-state index is 3.54. The van der Waals surface area contributed by atoms with Gasteiger partial charge in [0, 0.05) is 18.6 Å². The van der Waals surface area contributed by atoms with Crippen LogP contribution in [0.1, 0.15) is 65.7 Å². The molecule has 102 valence electrons. The minimum atomic E-state index is 0.254. The maximum atomic E-state index is 3.54. The lowest BCUT2D eigenvalue weighted by atomic mass is 9.86. The molecule has 0 saturated heterocycles. The van der Waals surface area contributed by atoms with Gasteiger partial charge in [-0.25, -0.2) is 0 Å². The Balaban J connectivity index is 1.84. The number of hydrogen-bond donors (Lipinski definition) is 2. The molecule has 0 aliphatic heterocycles. The van der Waals surface area contributed by atoms with Crippen molar-refractivity contribution in [3.63, 3.8) is 0 Å². The van der Waals surface area contributed by atoms with Gasteiger partial charge < -0.3 is 10.6 Å². The summed E-state index contributed by atoms with van der Waals surface area (Å²) in [6.45, 7) is 10.0. The fourth-order valence-electron chi connectivity index (χ4n) is 2.64. The molecule has 2 N–H and O–H groups in total. The summed E-state index contributed by atoms with van der Waals surface area (Å²) in [4.78, 5) is 0. The van der Waals surface area contributed by atoms with Crippen LogP contribution in [0.3, 0.4) is 0 Å². The Kier molecular flexibility index (Phi) is 7.14. The van der Waals surface area contributed by atoms with Gasteiger partial charge in [-0.3, -0.25) is 0 Å². The van der Waals surface area contributed by atoms with Crippen LogP contribution in [0.2, 0.25) is 0 Å². The first-order valence-corrected chi connectivity index (χ1v) is 7.54. The van der Waals surface area contributed by atoms with Crippen LogP contribution in [-0.4, -0.2) is 25.2 Å². The van der Waals surface area contributed by atoms with E-state index in [2.05, 4.69) is 31.4 Å². The summed E-state index contributed by atoms with van der Waals surface area (Å²) in [7, 11) is 0. The fraction of sp³-hybridized carbons (Fsp3) is 1.00. The minimum absolute atomic E-state index is 0.254. The van der Waals surface area contributed by atoms with Gasteiger partial charge in [-0.05, 0) is 46.1 Å². The van der Waals surface area contributed by atoms with Crippen LogP contribution < -0.4 is 10.6 Å². The van der Waals surface area contributed by atoms with E-state index in [9.17, 15) is 0 Å². The van der Waals surface area contributed by atoms with Gasteiger partial charge in [0.1, 0.15) is 0 Å². The smallest absolute Gasteiger partial charge is 0.00970 e. The Morgan fingerprint density at radius 3 is 2.29 bits per heavy atom. The van der Waals surface area contributed by atoms with Crippen molar-refractivity contribution >= 4 is 0 Å². The summed E-state index contributed by atoms with van der Waals surface area (Å²) >= 11 is 0. The Labute approximate surface area is 108 Å². The Morgan fingerprint density at radius 1 is 0.941 bits per heavy atom. The summed E-state index contributed by atoms with van der Waals surface area (Å²) in [5.41, 5.74) is 0.254. The second-order valence-corrected chi connectivity index (χ2v) is 6.57. The predicted octanol–water partition coefficient (Wildman–Crippen LogP) is 3.32. The van der Waals surface area contributed by atoms with Crippen molar-refractivity contribution in [2.45, 2.75) is 71.3 Å². The van der Waals surface area contributed by atoms with Gasteiger partial charge in [-0.1, -0.05) is 32.1 Å². The second-order valence-electron chi connectivity index (χ2n) is 6.57. The molecule has 0 unspecified atom stereocenters. The van der Waals surface area contributed by atoms with Gasteiger partial charge in [0.05, 0.1) is 0 Å². The molecule has 0 aromatic heterocycles. The molecule has 1 aliphatic carbocycles. The highest BCUT2D eigenvalue weighted by Gasteiger charge is 2.12. The van der Waals surface area contributed by atoms with E-state index in [4.69, 9.17) is 0 Å². The van der Waals surface area contributed by atoms with Crippen LogP contribution in [0.4, 0.5) is 0 Å². The van der Waals surface area contributed by atoms with E-state index in [-0.39, 0.29) is 5.54 Å². The van der Waals surface area contributed by atoms with E-state index in [1.807, 2.05) is 0 Å². The summed E-state index contributed by atoms with van der Waals surface area (Å²) < 4.78 is 0. The molecule has 0 radical (unpaired) electrons. The SMILES string of the molecule is CC(C)(C)NCCNCCCC1CCCCC1. The van der Waals surface area contributed by atoms with E-state index in [0.717, 1.165) is 19.0 Å². The van der Waals surface area contributed by atoms with Crippen molar-refractivity contribution in [3.8, 4) is 0 Å². The largest absolute Gasteiger partial charge is 0.315 e. The molecule has 0 bridgehead atoms. The lowest BCUT2D eigenvalue weighted by Gasteiger charge is -2.22. The molecule has 0 aromatic carbocycles. The summed E-state index contributed by atoms with van der Waals surface area (Å²) in [5, 5.41) is 7.03. The zero-order chi connectivity index (χ0) is 12.6. The van der Waals surface area contributed by atoms with Crippen LogP contribution in [0.25, 0.3) is 0 Å². The predicted molar refractivity (Wildman–Crippen MR) is 76.4 cm³/mol. The van der Waals surface area contributed by atoms with Crippen LogP contribution in [0.5, 0.6) is 0 Å². The molecule has 2 nitrogen and oxygen atoms in total. The third-order valence-corrected chi connectivity index (χ3v) is 3.65. The number of hydrogen-bond acceptors (Lipinski definition) is 2. The highest BCUT2D eigenvalue weighted by molar-refractivity contribution is 4.70. The molecule has 0 amide bonds. The van der Waals surface area contributed by atoms with Crippen molar-refractivity contribution in [2.24, 2.45) is 5.92 Å². The van der Waals surface area contributed by atoms with Crippen LogP contribution in [0, 0.1) is 5.92 Å². The molecule has 17 heavy (non-hydrogen) atoms. The zero-order valence-corrected chi connectivity index (χ0v) is 12.1. The molecule has 0 aromatic rings. The van der Waals surface area contributed by atoms with E-state index >= 15 is 0 Å². The summed E-state index contributed by atoms with van der Waals surface area (Å²) in [6, 6.07) is 0.